The Morgan fingerprint density at radius 2 is 1.56 bits per heavy atom. The molecule has 0 saturated heterocycles. The van der Waals surface area contributed by atoms with E-state index in [9.17, 15) is 0 Å². The Bertz CT molecular complexity index is 366. The van der Waals surface area contributed by atoms with Crippen molar-refractivity contribution >= 4 is 0 Å². The van der Waals surface area contributed by atoms with E-state index in [1.54, 1.807) is 0 Å². The van der Waals surface area contributed by atoms with Crippen LogP contribution in [0.1, 0.15) is 58.2 Å². The molecule has 1 aromatic rings. The third kappa shape index (κ3) is 4.43. The second-order valence-electron chi connectivity index (χ2n) is 6.91. The van der Waals surface area contributed by atoms with Crippen LogP contribution in [0.3, 0.4) is 0 Å². The number of hydrogen-bond acceptors (Lipinski definition) is 2. The van der Waals surface area contributed by atoms with Crippen LogP contribution in [0.4, 0.5) is 0 Å². The van der Waals surface area contributed by atoms with Gasteiger partial charge < -0.3 is 11.1 Å². The molecular weight excluding hydrogens is 220 g/mol. The van der Waals surface area contributed by atoms with E-state index >= 15 is 0 Å². The number of benzene rings is 1. The van der Waals surface area contributed by atoms with Gasteiger partial charge in [0, 0.05) is 11.6 Å². The quantitative estimate of drug-likeness (QED) is 0.857. The van der Waals surface area contributed by atoms with Crippen molar-refractivity contribution in [1.29, 1.82) is 0 Å². The summed E-state index contributed by atoms with van der Waals surface area (Å²) in [7, 11) is 1.99. The van der Waals surface area contributed by atoms with Gasteiger partial charge in [-0.15, -0.1) is 0 Å². The zero-order valence-corrected chi connectivity index (χ0v) is 12.7. The van der Waals surface area contributed by atoms with Crippen molar-refractivity contribution in [3.63, 3.8) is 0 Å². The molecule has 0 aliphatic rings. The Balaban J connectivity index is 2.89. The molecule has 0 bridgehead atoms. The van der Waals surface area contributed by atoms with E-state index in [1.165, 1.54) is 11.1 Å². The Kier molecular flexibility index (Phi) is 4.57. The van der Waals surface area contributed by atoms with Gasteiger partial charge in [0.2, 0.25) is 0 Å². The van der Waals surface area contributed by atoms with Gasteiger partial charge in [0.05, 0.1) is 0 Å². The smallest absolute Gasteiger partial charge is 0.0334 e. The van der Waals surface area contributed by atoms with Crippen molar-refractivity contribution in [2.24, 2.45) is 5.73 Å². The summed E-state index contributed by atoms with van der Waals surface area (Å²) in [5.74, 6) is 0. The van der Waals surface area contributed by atoms with Gasteiger partial charge in [-0.1, -0.05) is 45.0 Å². The first-order valence-corrected chi connectivity index (χ1v) is 6.70. The summed E-state index contributed by atoms with van der Waals surface area (Å²) >= 11 is 0. The van der Waals surface area contributed by atoms with Gasteiger partial charge >= 0.3 is 0 Å². The van der Waals surface area contributed by atoms with Gasteiger partial charge in [-0.2, -0.15) is 0 Å². The molecule has 2 heteroatoms. The van der Waals surface area contributed by atoms with E-state index in [0.717, 1.165) is 6.42 Å². The zero-order valence-electron chi connectivity index (χ0n) is 12.7. The van der Waals surface area contributed by atoms with Crippen molar-refractivity contribution in [3.8, 4) is 0 Å². The summed E-state index contributed by atoms with van der Waals surface area (Å²) in [6.07, 6.45) is 0.929. The van der Waals surface area contributed by atoms with Crippen LogP contribution in [0.15, 0.2) is 24.3 Å². The molecule has 18 heavy (non-hydrogen) atoms. The molecule has 102 valence electrons. The topological polar surface area (TPSA) is 38.0 Å². The average molecular weight is 248 g/mol. The largest absolute Gasteiger partial charge is 0.325 e. The van der Waals surface area contributed by atoms with Crippen LogP contribution in [-0.2, 0) is 5.41 Å². The monoisotopic (exact) mass is 248 g/mol. The third-order valence-electron chi connectivity index (χ3n) is 3.26. The summed E-state index contributed by atoms with van der Waals surface area (Å²) < 4.78 is 0. The number of nitrogens with one attached hydrogen (secondary N) is 1. The maximum atomic E-state index is 6.11. The molecule has 0 fully saturated rings. The zero-order chi connectivity index (χ0) is 14.0. The van der Waals surface area contributed by atoms with E-state index in [-0.39, 0.29) is 11.0 Å². The molecular formula is C16H28N2. The molecule has 3 N–H and O–H groups in total. The lowest BCUT2D eigenvalue weighted by Gasteiger charge is -2.27. The average Bonchev–Trinajstić information content (AvgIpc) is 2.24. The maximum absolute atomic E-state index is 6.11. The summed E-state index contributed by atoms with van der Waals surface area (Å²) in [6.45, 7) is 10.9. The minimum absolute atomic E-state index is 0.156. The van der Waals surface area contributed by atoms with Crippen molar-refractivity contribution in [2.75, 3.05) is 7.05 Å². The van der Waals surface area contributed by atoms with Crippen LogP contribution in [0, 0.1) is 0 Å². The fourth-order valence-electron chi connectivity index (χ4n) is 2.13. The van der Waals surface area contributed by atoms with E-state index < -0.39 is 0 Å². The van der Waals surface area contributed by atoms with Crippen LogP contribution in [0.5, 0.6) is 0 Å². The van der Waals surface area contributed by atoms with E-state index in [4.69, 9.17) is 5.73 Å². The van der Waals surface area contributed by atoms with Crippen molar-refractivity contribution in [3.05, 3.63) is 35.4 Å². The van der Waals surface area contributed by atoms with Crippen molar-refractivity contribution in [1.82, 2.24) is 5.32 Å². The molecule has 0 aliphatic heterocycles. The Labute approximate surface area is 112 Å². The summed E-state index contributed by atoms with van der Waals surface area (Å²) in [5.41, 5.74) is 8.84. The lowest BCUT2D eigenvalue weighted by Crippen LogP contribution is -2.36. The predicted molar refractivity (Wildman–Crippen MR) is 79.8 cm³/mol. The Hall–Kier alpha value is -0.860. The number of rotatable bonds is 4. The molecule has 1 atom stereocenters. The first-order chi connectivity index (χ1) is 8.13. The van der Waals surface area contributed by atoms with Crippen LogP contribution in [0.25, 0.3) is 0 Å². The van der Waals surface area contributed by atoms with E-state index in [2.05, 4.69) is 64.2 Å². The Morgan fingerprint density at radius 3 is 1.89 bits per heavy atom. The fraction of sp³-hybridized carbons (Fsp3) is 0.625. The highest BCUT2D eigenvalue weighted by Crippen LogP contribution is 2.26. The normalized spacial score (nSPS) is 14.6. The SMILES string of the molecule is CNC(CC(C)(C)N)c1ccc(C(C)(C)C)cc1. The van der Waals surface area contributed by atoms with Gasteiger partial charge in [0.1, 0.15) is 0 Å². The van der Waals surface area contributed by atoms with Gasteiger partial charge in [-0.05, 0) is 43.9 Å². The molecule has 1 rings (SSSR count). The highest BCUT2D eigenvalue weighted by Gasteiger charge is 2.20. The third-order valence-corrected chi connectivity index (χ3v) is 3.26. The molecule has 0 saturated carbocycles. The molecule has 0 radical (unpaired) electrons. The van der Waals surface area contributed by atoms with Gasteiger partial charge in [0.25, 0.3) is 0 Å². The second-order valence-corrected chi connectivity index (χ2v) is 6.91. The number of nitrogens with two attached hydrogens (primary N) is 1. The highest BCUT2D eigenvalue weighted by atomic mass is 14.9. The molecule has 0 aromatic heterocycles. The fourth-order valence-corrected chi connectivity index (χ4v) is 2.13. The van der Waals surface area contributed by atoms with Crippen molar-refractivity contribution in [2.45, 2.75) is 58.0 Å². The number of hydrogen-bond donors (Lipinski definition) is 2. The summed E-state index contributed by atoms with van der Waals surface area (Å²) in [4.78, 5) is 0. The minimum Gasteiger partial charge on any atom is -0.325 e. The molecule has 0 spiro atoms. The maximum Gasteiger partial charge on any atom is 0.0334 e. The van der Waals surface area contributed by atoms with Crippen LogP contribution >= 0.6 is 0 Å². The first-order valence-electron chi connectivity index (χ1n) is 6.70. The van der Waals surface area contributed by atoms with E-state index in [0.29, 0.717) is 6.04 Å². The summed E-state index contributed by atoms with van der Waals surface area (Å²) in [5, 5.41) is 3.35. The lowest BCUT2D eigenvalue weighted by molar-refractivity contribution is 0.396. The molecule has 0 aliphatic carbocycles. The van der Waals surface area contributed by atoms with Gasteiger partial charge in [-0.25, -0.2) is 0 Å². The standard InChI is InChI=1S/C16H28N2/c1-15(2,3)13-9-7-12(8-10-13)14(18-6)11-16(4,5)17/h7-10,14,18H,11,17H2,1-6H3. The van der Waals surface area contributed by atoms with Crippen LogP contribution in [-0.4, -0.2) is 12.6 Å². The predicted octanol–water partition coefficient (Wildman–Crippen LogP) is 3.37. The van der Waals surface area contributed by atoms with Crippen molar-refractivity contribution < 1.29 is 0 Å². The van der Waals surface area contributed by atoms with Gasteiger partial charge in [-0.3, -0.25) is 0 Å². The van der Waals surface area contributed by atoms with E-state index in [1.807, 2.05) is 7.05 Å². The van der Waals surface area contributed by atoms with Crippen LogP contribution in [0.2, 0.25) is 0 Å². The molecule has 1 unspecified atom stereocenters. The highest BCUT2D eigenvalue weighted by molar-refractivity contribution is 5.29. The van der Waals surface area contributed by atoms with Gasteiger partial charge in [0.15, 0.2) is 0 Å². The second kappa shape index (κ2) is 5.41. The molecule has 0 amide bonds. The lowest BCUT2D eigenvalue weighted by atomic mass is 9.85. The molecule has 0 heterocycles. The van der Waals surface area contributed by atoms with Crippen LogP contribution < -0.4 is 11.1 Å². The first kappa shape index (κ1) is 15.2. The summed E-state index contributed by atoms with van der Waals surface area (Å²) in [6, 6.07) is 9.20. The Morgan fingerprint density at radius 1 is 1.06 bits per heavy atom. The minimum atomic E-state index is -0.156. The molecule has 1 aromatic carbocycles. The molecule has 2 nitrogen and oxygen atoms in total.